The lowest BCUT2D eigenvalue weighted by atomic mass is 9.94. The lowest BCUT2D eigenvalue weighted by Gasteiger charge is -2.21. The van der Waals surface area contributed by atoms with Crippen LogP contribution in [0.25, 0.3) is 10.9 Å². The molecule has 2 saturated heterocycles. The Labute approximate surface area is 146 Å². The Bertz CT molecular complexity index is 870. The van der Waals surface area contributed by atoms with Crippen molar-refractivity contribution in [3.05, 3.63) is 29.5 Å². The fourth-order valence-electron chi connectivity index (χ4n) is 3.99. The number of likely N-dealkylation sites (N-methyl/N-ethyl adjacent to an activating group) is 1. The molecular formula is C19H26N2O2. The van der Waals surface area contributed by atoms with E-state index in [0.29, 0.717) is 31.9 Å². The molecule has 1 aromatic heterocycles. The summed E-state index contributed by atoms with van der Waals surface area (Å²) in [5, 5.41) is 0.739. The maximum Gasteiger partial charge on any atom is 0.128 e. The minimum absolute atomic E-state index is 0.122. The van der Waals surface area contributed by atoms with Gasteiger partial charge < -0.3 is 19.4 Å². The molecule has 0 amide bonds. The van der Waals surface area contributed by atoms with E-state index in [-0.39, 0.29) is 12.0 Å². The molecule has 2 aliphatic heterocycles. The third kappa shape index (κ3) is 2.64. The second kappa shape index (κ2) is 6.17. The number of benzene rings is 1. The van der Waals surface area contributed by atoms with Gasteiger partial charge >= 0.3 is 0 Å². The summed E-state index contributed by atoms with van der Waals surface area (Å²) in [6, 6.07) is 5.21. The Morgan fingerprint density at radius 2 is 2.43 bits per heavy atom. The monoisotopic (exact) mass is 320 g/mol. The number of aromatic nitrogens is 1. The Hall–Kier alpha value is -1.52. The highest BCUT2D eigenvalue weighted by Crippen LogP contribution is 2.38. The summed E-state index contributed by atoms with van der Waals surface area (Å²) in [5.41, 5.74) is 2.77. The quantitative estimate of drug-likeness (QED) is 0.939. The van der Waals surface area contributed by atoms with Crippen molar-refractivity contribution in [2.24, 2.45) is 0 Å². The van der Waals surface area contributed by atoms with E-state index in [1.165, 1.54) is 0 Å². The summed E-state index contributed by atoms with van der Waals surface area (Å²) >= 11 is 0. The first kappa shape index (κ1) is 9.70. The summed E-state index contributed by atoms with van der Waals surface area (Å²) in [6.45, 7) is -0.308. The van der Waals surface area contributed by atoms with Gasteiger partial charge in [0.05, 0.1) is 17.8 Å². The highest BCUT2D eigenvalue weighted by Gasteiger charge is 2.29. The minimum Gasteiger partial charge on any atom is -0.496 e. The number of hydrogen-bond acceptors (Lipinski definition) is 3. The van der Waals surface area contributed by atoms with Crippen LogP contribution >= 0.6 is 0 Å². The van der Waals surface area contributed by atoms with Crippen molar-refractivity contribution in [2.45, 2.75) is 37.6 Å². The van der Waals surface area contributed by atoms with Gasteiger partial charge in [-0.3, -0.25) is 0 Å². The van der Waals surface area contributed by atoms with Crippen LogP contribution in [0, 0.1) is 0 Å². The molecule has 124 valence electrons. The zero-order valence-corrected chi connectivity index (χ0v) is 13.1. The van der Waals surface area contributed by atoms with E-state index >= 15 is 0 Å². The van der Waals surface area contributed by atoms with Crippen molar-refractivity contribution >= 4 is 10.9 Å². The Morgan fingerprint density at radius 1 is 1.43 bits per heavy atom. The largest absolute Gasteiger partial charge is 0.496 e. The maximum absolute atomic E-state index is 7.86. The van der Waals surface area contributed by atoms with Crippen LogP contribution in [-0.4, -0.2) is 49.7 Å². The average Bonchev–Trinajstić information content (AvgIpc) is 3.32. The van der Waals surface area contributed by atoms with Gasteiger partial charge in [0.1, 0.15) is 5.75 Å². The van der Waals surface area contributed by atoms with Crippen molar-refractivity contribution < 1.29 is 17.7 Å². The Balaban J connectivity index is 1.79. The standard InChI is InChI=1S/C19H26N2O2/c1-21-9-4-5-14(21)11-15-18-16(6-3-7-17(18)22-2)20-19(15)13-8-10-23-12-13/h3,6-7,13-14,20H,4-5,8-12H2,1-2H3/t13-,14+/m0/s1/i1D3,2D3. The average molecular weight is 320 g/mol. The van der Waals surface area contributed by atoms with Crippen molar-refractivity contribution in [1.29, 1.82) is 0 Å². The summed E-state index contributed by atoms with van der Waals surface area (Å²) in [5.74, 6) is 0.484. The highest BCUT2D eigenvalue weighted by atomic mass is 16.5. The molecule has 0 radical (unpaired) electrons. The zero-order chi connectivity index (χ0) is 20.8. The second-order valence-corrected chi connectivity index (χ2v) is 6.55. The second-order valence-electron chi connectivity index (χ2n) is 6.55. The first-order valence-corrected chi connectivity index (χ1v) is 8.30. The minimum atomic E-state index is -2.56. The van der Waals surface area contributed by atoms with Crippen LogP contribution in [0.3, 0.4) is 0 Å². The van der Waals surface area contributed by atoms with Gasteiger partial charge in [0.2, 0.25) is 0 Å². The molecule has 1 aromatic carbocycles. The van der Waals surface area contributed by atoms with Gasteiger partial charge in [-0.2, -0.15) is 0 Å². The molecule has 0 bridgehead atoms. The van der Waals surface area contributed by atoms with Crippen LogP contribution < -0.4 is 4.74 Å². The number of methoxy groups -OCH3 is 1. The molecule has 1 N–H and O–H groups in total. The summed E-state index contributed by atoms with van der Waals surface area (Å²) in [4.78, 5) is 5.05. The van der Waals surface area contributed by atoms with Gasteiger partial charge in [-0.25, -0.2) is 0 Å². The van der Waals surface area contributed by atoms with E-state index < -0.39 is 14.0 Å². The number of hydrogen-bond donors (Lipinski definition) is 1. The number of rotatable bonds is 4. The molecule has 0 unspecified atom stereocenters. The van der Waals surface area contributed by atoms with Crippen LogP contribution in [0.1, 0.15) is 44.7 Å². The van der Waals surface area contributed by atoms with Gasteiger partial charge in [-0.15, -0.1) is 0 Å². The molecule has 0 aliphatic carbocycles. The van der Waals surface area contributed by atoms with E-state index in [1.54, 1.807) is 17.0 Å². The summed E-state index contributed by atoms with van der Waals surface area (Å²) in [6.07, 6.45) is 3.05. The predicted molar refractivity (Wildman–Crippen MR) is 92.4 cm³/mol. The molecule has 2 atom stereocenters. The fourth-order valence-corrected chi connectivity index (χ4v) is 3.99. The molecular weight excluding hydrogens is 288 g/mol. The number of fused-ring (bicyclic) bond motifs is 1. The molecule has 0 spiro atoms. The van der Waals surface area contributed by atoms with Crippen LogP contribution in [0.5, 0.6) is 5.75 Å². The van der Waals surface area contributed by atoms with Gasteiger partial charge in [-0.05, 0) is 56.9 Å². The van der Waals surface area contributed by atoms with Crippen LogP contribution in [0.2, 0.25) is 0 Å². The number of ether oxygens (including phenoxy) is 2. The van der Waals surface area contributed by atoms with Crippen molar-refractivity contribution in [3.63, 3.8) is 0 Å². The van der Waals surface area contributed by atoms with Crippen LogP contribution in [0.4, 0.5) is 0 Å². The molecule has 4 heteroatoms. The Kier molecular flexibility index (Phi) is 2.60. The number of H-pyrrole nitrogens is 1. The maximum atomic E-state index is 7.86. The molecule has 0 saturated carbocycles. The first-order valence-electron chi connectivity index (χ1n) is 11.3. The van der Waals surface area contributed by atoms with Crippen molar-refractivity contribution in [2.75, 3.05) is 33.8 Å². The molecule has 23 heavy (non-hydrogen) atoms. The van der Waals surface area contributed by atoms with Crippen molar-refractivity contribution in [3.8, 4) is 5.75 Å². The SMILES string of the molecule is [2H]C([2H])([2H])Oc1cccc2[nH]c([C@H]3CCOC3)c(C[C@H]3CCCN3C([2H])([2H])[2H])c12. The fraction of sp³-hybridized carbons (Fsp3) is 0.579. The molecule has 4 rings (SSSR count). The molecule has 2 fully saturated rings. The molecule has 4 nitrogen and oxygen atoms in total. The summed E-state index contributed by atoms with van der Waals surface area (Å²) < 4.78 is 57.1. The van der Waals surface area contributed by atoms with Gasteiger partial charge in [0.15, 0.2) is 0 Å². The van der Waals surface area contributed by atoms with Crippen molar-refractivity contribution in [1.82, 2.24) is 9.88 Å². The van der Waals surface area contributed by atoms with E-state index in [1.807, 2.05) is 6.07 Å². The zero-order valence-electron chi connectivity index (χ0n) is 19.1. The third-order valence-electron chi connectivity index (χ3n) is 5.19. The number of nitrogens with one attached hydrogen (secondary N) is 1. The number of aromatic amines is 1. The third-order valence-corrected chi connectivity index (χ3v) is 5.19. The molecule has 2 aliphatic rings. The predicted octanol–water partition coefficient (Wildman–Crippen LogP) is 3.32. The highest BCUT2D eigenvalue weighted by molar-refractivity contribution is 5.91. The van der Waals surface area contributed by atoms with Gasteiger partial charge in [0, 0.05) is 39.3 Å². The van der Waals surface area contributed by atoms with E-state index in [0.717, 1.165) is 41.4 Å². The van der Waals surface area contributed by atoms with Gasteiger partial charge in [-0.1, -0.05) is 6.07 Å². The first-order chi connectivity index (χ1) is 13.6. The smallest absolute Gasteiger partial charge is 0.128 e. The number of likely N-dealkylation sites (tertiary alicyclic amines) is 1. The van der Waals surface area contributed by atoms with Gasteiger partial charge in [0.25, 0.3) is 0 Å². The summed E-state index contributed by atoms with van der Waals surface area (Å²) in [7, 11) is -2.56. The van der Waals surface area contributed by atoms with Crippen LogP contribution in [0.15, 0.2) is 18.2 Å². The molecule has 3 heterocycles. The normalized spacial score (nSPS) is 30.4. The lowest BCUT2D eigenvalue weighted by molar-refractivity contribution is 0.193. The van der Waals surface area contributed by atoms with E-state index in [2.05, 4.69) is 4.98 Å². The van der Waals surface area contributed by atoms with E-state index in [9.17, 15) is 0 Å². The molecule has 2 aromatic rings. The Morgan fingerprint density at radius 3 is 3.26 bits per heavy atom. The topological polar surface area (TPSA) is 37.5 Å². The number of nitrogens with zero attached hydrogens (tertiary/aromatic N) is 1. The van der Waals surface area contributed by atoms with Crippen LogP contribution in [-0.2, 0) is 11.2 Å². The lowest BCUT2D eigenvalue weighted by Crippen LogP contribution is -2.27. The van der Waals surface area contributed by atoms with E-state index in [4.69, 9.17) is 17.7 Å².